The van der Waals surface area contributed by atoms with Crippen molar-refractivity contribution in [2.75, 3.05) is 7.11 Å². The highest BCUT2D eigenvalue weighted by Gasteiger charge is 2.17. The molecule has 0 radical (unpaired) electrons. The number of hydrogen-bond acceptors (Lipinski definition) is 3. The third-order valence-electron chi connectivity index (χ3n) is 5.06. The summed E-state index contributed by atoms with van der Waals surface area (Å²) in [6.45, 7) is 0. The maximum absolute atomic E-state index is 11.0. The van der Waals surface area contributed by atoms with Crippen molar-refractivity contribution in [3.8, 4) is 39.4 Å². The van der Waals surface area contributed by atoms with Crippen LogP contribution in [0.5, 0.6) is 5.75 Å². The van der Waals surface area contributed by atoms with Crippen LogP contribution in [0.15, 0.2) is 84.9 Å². The predicted molar refractivity (Wildman–Crippen MR) is 115 cm³/mol. The average molecular weight is 384 g/mol. The molecule has 144 valence electrons. The first-order chi connectivity index (χ1) is 14.1. The molecule has 1 aromatic heterocycles. The Labute approximate surface area is 169 Å². The Morgan fingerprint density at radius 2 is 1.45 bits per heavy atom. The summed E-state index contributed by atoms with van der Waals surface area (Å²) in [5.74, 6) is 0.807. The second-order valence-corrected chi connectivity index (χ2v) is 6.75. The van der Waals surface area contributed by atoms with E-state index in [9.17, 15) is 10.1 Å². The summed E-state index contributed by atoms with van der Waals surface area (Å²) in [6, 6.07) is 27.0. The highest BCUT2D eigenvalue weighted by molar-refractivity contribution is 5.87. The molecule has 5 heteroatoms. The van der Waals surface area contributed by atoms with E-state index in [1.807, 2.05) is 49.5 Å². The number of nitrogens with zero attached hydrogens (tertiary/aromatic N) is 2. The number of methoxy groups -OCH3 is 1. The third kappa shape index (κ3) is 3.50. The topological polar surface area (TPSA) is 57.3 Å². The zero-order chi connectivity index (χ0) is 20.4. The van der Waals surface area contributed by atoms with Crippen molar-refractivity contribution < 1.29 is 9.66 Å². The van der Waals surface area contributed by atoms with Gasteiger partial charge in [-0.3, -0.25) is 10.1 Å². The van der Waals surface area contributed by atoms with E-state index in [-0.39, 0.29) is 10.6 Å². The molecule has 0 amide bonds. The Bertz CT molecular complexity index is 1150. The second kappa shape index (κ2) is 7.64. The number of rotatable bonds is 5. The number of non-ortho nitro benzene ring substituents is 1. The zero-order valence-electron chi connectivity index (χ0n) is 16.2. The fraction of sp³-hybridized carbons (Fsp3) is 0.0833. The van der Waals surface area contributed by atoms with Crippen molar-refractivity contribution >= 4 is 5.69 Å². The molecule has 0 N–H and O–H groups in total. The van der Waals surface area contributed by atoms with Gasteiger partial charge in [-0.1, -0.05) is 42.5 Å². The molecule has 0 spiro atoms. The van der Waals surface area contributed by atoms with Gasteiger partial charge in [-0.25, -0.2) is 0 Å². The number of hydrogen-bond donors (Lipinski definition) is 0. The monoisotopic (exact) mass is 384 g/mol. The molecule has 0 aliphatic rings. The largest absolute Gasteiger partial charge is 0.497 e. The molecule has 0 saturated heterocycles. The van der Waals surface area contributed by atoms with Crippen molar-refractivity contribution in [2.45, 2.75) is 0 Å². The molecule has 0 atom stereocenters. The number of aromatic nitrogens is 1. The predicted octanol–water partition coefficient (Wildman–Crippen LogP) is 5.94. The van der Waals surface area contributed by atoms with Crippen LogP contribution in [-0.4, -0.2) is 16.6 Å². The van der Waals surface area contributed by atoms with Crippen LogP contribution in [0.25, 0.3) is 33.6 Å². The van der Waals surface area contributed by atoms with Gasteiger partial charge in [0, 0.05) is 30.4 Å². The summed E-state index contributed by atoms with van der Waals surface area (Å²) in [7, 11) is 3.67. The highest BCUT2D eigenvalue weighted by Crippen LogP contribution is 2.39. The minimum Gasteiger partial charge on any atom is -0.497 e. The molecule has 0 saturated carbocycles. The molecule has 29 heavy (non-hydrogen) atoms. The van der Waals surface area contributed by atoms with E-state index in [4.69, 9.17) is 4.74 Å². The quantitative estimate of drug-likeness (QED) is 0.316. The minimum atomic E-state index is -0.382. The van der Waals surface area contributed by atoms with E-state index in [0.29, 0.717) is 0 Å². The van der Waals surface area contributed by atoms with E-state index in [1.54, 1.807) is 19.2 Å². The maximum Gasteiger partial charge on any atom is 0.269 e. The Balaban J connectivity index is 1.89. The first kappa shape index (κ1) is 18.5. The van der Waals surface area contributed by atoms with Gasteiger partial charge in [0.05, 0.1) is 17.7 Å². The van der Waals surface area contributed by atoms with Gasteiger partial charge in [0.25, 0.3) is 5.69 Å². The van der Waals surface area contributed by atoms with Gasteiger partial charge in [-0.05, 0) is 47.0 Å². The molecule has 0 fully saturated rings. The average Bonchev–Trinajstić information content (AvgIpc) is 3.11. The summed E-state index contributed by atoms with van der Waals surface area (Å²) in [6.07, 6.45) is 0. The molecule has 0 unspecified atom stereocenters. The van der Waals surface area contributed by atoms with Gasteiger partial charge in [0.15, 0.2) is 0 Å². The van der Waals surface area contributed by atoms with Crippen molar-refractivity contribution in [2.24, 2.45) is 7.05 Å². The smallest absolute Gasteiger partial charge is 0.269 e. The summed E-state index contributed by atoms with van der Waals surface area (Å²) >= 11 is 0. The van der Waals surface area contributed by atoms with E-state index >= 15 is 0 Å². The van der Waals surface area contributed by atoms with Crippen LogP contribution in [0.4, 0.5) is 5.69 Å². The van der Waals surface area contributed by atoms with Crippen LogP contribution in [0, 0.1) is 10.1 Å². The molecule has 1 heterocycles. The van der Waals surface area contributed by atoms with Gasteiger partial charge in [0.1, 0.15) is 5.75 Å². The molecule has 5 nitrogen and oxygen atoms in total. The van der Waals surface area contributed by atoms with Gasteiger partial charge in [0.2, 0.25) is 0 Å². The van der Waals surface area contributed by atoms with Crippen molar-refractivity contribution in [3.05, 3.63) is 95.0 Å². The highest BCUT2D eigenvalue weighted by atomic mass is 16.6. The second-order valence-electron chi connectivity index (χ2n) is 6.75. The summed E-state index contributed by atoms with van der Waals surface area (Å²) in [5.41, 5.74) is 6.36. The zero-order valence-corrected chi connectivity index (χ0v) is 16.2. The number of nitro groups is 1. The van der Waals surface area contributed by atoms with E-state index < -0.39 is 0 Å². The lowest BCUT2D eigenvalue weighted by atomic mass is 10.0. The molecule has 3 aromatic carbocycles. The van der Waals surface area contributed by atoms with Crippen molar-refractivity contribution in [3.63, 3.8) is 0 Å². The summed E-state index contributed by atoms with van der Waals surface area (Å²) < 4.78 is 7.42. The number of nitro benzene ring substituents is 1. The first-order valence-corrected chi connectivity index (χ1v) is 9.23. The maximum atomic E-state index is 11.0. The fourth-order valence-corrected chi connectivity index (χ4v) is 3.57. The lowest BCUT2D eigenvalue weighted by Gasteiger charge is -2.10. The summed E-state index contributed by atoms with van der Waals surface area (Å²) in [5, 5.41) is 11.0. The summed E-state index contributed by atoms with van der Waals surface area (Å²) in [4.78, 5) is 10.6. The molecule has 4 rings (SSSR count). The van der Waals surface area contributed by atoms with Crippen LogP contribution in [0.3, 0.4) is 0 Å². The van der Waals surface area contributed by atoms with Gasteiger partial charge in [-0.15, -0.1) is 0 Å². The third-order valence-corrected chi connectivity index (χ3v) is 5.06. The van der Waals surface area contributed by atoms with Gasteiger partial charge in [-0.2, -0.15) is 0 Å². The van der Waals surface area contributed by atoms with Crippen LogP contribution in [0.2, 0.25) is 0 Å². The van der Waals surface area contributed by atoms with Gasteiger partial charge < -0.3 is 9.30 Å². The normalized spacial score (nSPS) is 10.7. The van der Waals surface area contributed by atoms with E-state index in [1.165, 1.54) is 12.1 Å². The molecular formula is C24H20N2O3. The first-order valence-electron chi connectivity index (χ1n) is 9.23. The van der Waals surface area contributed by atoms with Crippen LogP contribution < -0.4 is 4.74 Å². The Hall–Kier alpha value is -3.86. The lowest BCUT2D eigenvalue weighted by molar-refractivity contribution is -0.384. The number of benzene rings is 3. The molecule has 0 aliphatic carbocycles. The molecule has 4 aromatic rings. The van der Waals surface area contributed by atoms with E-state index in [0.717, 1.165) is 39.4 Å². The SMILES string of the molecule is COc1ccc(-c2cc(-c3ccc([N+](=O)[O-])cc3)n(C)c2-c2ccccc2)cc1. The Morgan fingerprint density at radius 1 is 0.828 bits per heavy atom. The van der Waals surface area contributed by atoms with Crippen molar-refractivity contribution in [1.82, 2.24) is 4.57 Å². The fourth-order valence-electron chi connectivity index (χ4n) is 3.57. The lowest BCUT2D eigenvalue weighted by Crippen LogP contribution is -1.96. The van der Waals surface area contributed by atoms with Gasteiger partial charge >= 0.3 is 0 Å². The van der Waals surface area contributed by atoms with Crippen LogP contribution in [0.1, 0.15) is 0 Å². The minimum absolute atomic E-state index is 0.0848. The standard InChI is InChI=1S/C24H20N2O3/c1-25-23(18-8-12-20(13-9-18)26(27)28)16-22(17-10-14-21(29-2)15-11-17)24(25)19-6-4-3-5-7-19/h3-16H,1-2H3. The Morgan fingerprint density at radius 3 is 2.03 bits per heavy atom. The van der Waals surface area contributed by atoms with Crippen LogP contribution in [-0.2, 0) is 7.05 Å². The molecule has 0 bridgehead atoms. The van der Waals surface area contributed by atoms with Crippen LogP contribution >= 0.6 is 0 Å². The van der Waals surface area contributed by atoms with Crippen molar-refractivity contribution in [1.29, 1.82) is 0 Å². The Kier molecular flexibility index (Phi) is 4.87. The molecular weight excluding hydrogens is 364 g/mol. The number of ether oxygens (including phenoxy) is 1. The van der Waals surface area contributed by atoms with E-state index in [2.05, 4.69) is 22.8 Å². The molecule has 0 aliphatic heterocycles.